The minimum atomic E-state index is -0.430. The summed E-state index contributed by atoms with van der Waals surface area (Å²) in [6, 6.07) is 0.664. The van der Waals surface area contributed by atoms with Crippen molar-refractivity contribution < 1.29 is 9.53 Å². The summed E-state index contributed by atoms with van der Waals surface area (Å²) in [6.45, 7) is 6.20. The molecule has 4 atom stereocenters. The highest BCUT2D eigenvalue weighted by molar-refractivity contribution is 5.74. The Labute approximate surface area is 139 Å². The van der Waals surface area contributed by atoms with Crippen molar-refractivity contribution in [2.45, 2.75) is 57.2 Å². The van der Waals surface area contributed by atoms with Gasteiger partial charge in [-0.1, -0.05) is 24.3 Å². The summed E-state index contributed by atoms with van der Waals surface area (Å²) in [6.07, 6.45) is 6.30. The fourth-order valence-corrected chi connectivity index (χ4v) is 4.40. The first-order chi connectivity index (χ1) is 10.9. The first-order valence-corrected chi connectivity index (χ1v) is 8.74. The van der Waals surface area contributed by atoms with E-state index in [9.17, 15) is 4.79 Å². The Morgan fingerprint density at radius 2 is 2.22 bits per heavy atom. The maximum Gasteiger partial charge on any atom is 0.307 e. The fourth-order valence-electron chi connectivity index (χ4n) is 4.40. The molecule has 0 aromatic rings. The number of hydrogen-bond donors (Lipinski definition) is 0. The molecule has 0 N–H and O–H groups in total. The van der Waals surface area contributed by atoms with Crippen molar-refractivity contribution >= 4 is 5.97 Å². The molecule has 0 aromatic carbocycles. The molecule has 2 fully saturated rings. The Morgan fingerprint density at radius 3 is 2.96 bits per heavy atom. The van der Waals surface area contributed by atoms with Crippen LogP contribution in [0.25, 0.3) is 0 Å². The van der Waals surface area contributed by atoms with Crippen LogP contribution in [0.3, 0.4) is 0 Å². The molecule has 2 unspecified atom stereocenters. The van der Waals surface area contributed by atoms with Gasteiger partial charge in [0.05, 0.1) is 19.0 Å². The van der Waals surface area contributed by atoms with Gasteiger partial charge in [0.25, 0.3) is 0 Å². The summed E-state index contributed by atoms with van der Waals surface area (Å²) in [4.78, 5) is 16.7. The van der Waals surface area contributed by atoms with E-state index in [0.29, 0.717) is 18.5 Å². The largest absolute Gasteiger partial charge is 0.457 e. The molecule has 0 amide bonds. The Kier molecular flexibility index (Phi) is 4.53. The molecule has 3 aliphatic heterocycles. The number of fused-ring (bicyclic) bond motifs is 3. The van der Waals surface area contributed by atoms with E-state index in [1.54, 1.807) is 0 Å². The lowest BCUT2D eigenvalue weighted by Crippen LogP contribution is -2.56. The zero-order chi connectivity index (χ0) is 16.6. The normalized spacial score (nSPS) is 37.2. The van der Waals surface area contributed by atoms with Crippen LogP contribution < -0.4 is 0 Å². The maximum atomic E-state index is 12.1. The van der Waals surface area contributed by atoms with E-state index >= 15 is 0 Å². The number of carbonyl (C=O) groups is 1. The number of ether oxygens (including phenoxy) is 1. The predicted molar refractivity (Wildman–Crippen MR) is 90.8 cm³/mol. The van der Waals surface area contributed by atoms with Crippen molar-refractivity contribution in [1.29, 1.82) is 0 Å². The molecule has 23 heavy (non-hydrogen) atoms. The number of rotatable bonds is 1. The van der Waals surface area contributed by atoms with E-state index in [4.69, 9.17) is 4.74 Å². The summed E-state index contributed by atoms with van der Waals surface area (Å²) >= 11 is 0. The van der Waals surface area contributed by atoms with Gasteiger partial charge in [0, 0.05) is 17.5 Å². The molecule has 2 saturated heterocycles. The van der Waals surface area contributed by atoms with Gasteiger partial charge >= 0.3 is 5.97 Å². The molecular formula is C19H28N2O2. The summed E-state index contributed by atoms with van der Waals surface area (Å²) in [5, 5.41) is 0. The maximum absolute atomic E-state index is 12.1. The smallest absolute Gasteiger partial charge is 0.307 e. The number of piperidine rings is 1. The molecule has 3 aliphatic rings. The lowest BCUT2D eigenvalue weighted by Gasteiger charge is -2.46. The van der Waals surface area contributed by atoms with E-state index in [1.807, 2.05) is 14.1 Å². The van der Waals surface area contributed by atoms with Crippen LogP contribution in [0.4, 0.5) is 0 Å². The van der Waals surface area contributed by atoms with Crippen LogP contribution >= 0.6 is 0 Å². The highest BCUT2D eigenvalue weighted by atomic mass is 16.6. The minimum Gasteiger partial charge on any atom is -0.457 e. The highest BCUT2D eigenvalue weighted by Gasteiger charge is 2.55. The van der Waals surface area contributed by atoms with Gasteiger partial charge in [-0.2, -0.15) is 0 Å². The van der Waals surface area contributed by atoms with E-state index < -0.39 is 5.60 Å². The number of esters is 1. The van der Waals surface area contributed by atoms with Crippen molar-refractivity contribution in [3.8, 4) is 11.8 Å². The van der Waals surface area contributed by atoms with Gasteiger partial charge in [-0.15, -0.1) is 0 Å². The van der Waals surface area contributed by atoms with E-state index in [1.165, 1.54) is 12.8 Å². The van der Waals surface area contributed by atoms with Gasteiger partial charge in [-0.25, -0.2) is 0 Å². The van der Waals surface area contributed by atoms with Gasteiger partial charge in [-0.3, -0.25) is 14.6 Å². The number of hydrogen-bond acceptors (Lipinski definition) is 4. The second-order valence-electron chi connectivity index (χ2n) is 7.57. The molecule has 4 nitrogen and oxygen atoms in total. The van der Waals surface area contributed by atoms with Crippen molar-refractivity contribution in [3.63, 3.8) is 0 Å². The van der Waals surface area contributed by atoms with Gasteiger partial charge in [0.1, 0.15) is 5.60 Å². The predicted octanol–water partition coefficient (Wildman–Crippen LogP) is 2.06. The minimum absolute atomic E-state index is 0.0714. The molecule has 0 saturated carbocycles. The first kappa shape index (κ1) is 16.5. The van der Waals surface area contributed by atoms with Crippen LogP contribution in [0.2, 0.25) is 0 Å². The van der Waals surface area contributed by atoms with E-state index in [2.05, 4.69) is 41.6 Å². The molecule has 0 spiro atoms. The molecule has 0 aromatic heterocycles. The lowest BCUT2D eigenvalue weighted by atomic mass is 9.76. The van der Waals surface area contributed by atoms with E-state index in [-0.39, 0.29) is 11.9 Å². The average molecular weight is 316 g/mol. The zero-order valence-corrected chi connectivity index (χ0v) is 14.8. The molecule has 0 radical (unpaired) electrons. The third-order valence-electron chi connectivity index (χ3n) is 5.55. The number of carbonyl (C=O) groups excluding carboxylic acids is 1. The van der Waals surface area contributed by atoms with Crippen molar-refractivity contribution in [2.24, 2.45) is 5.92 Å². The Hall–Kier alpha value is -1.31. The number of nitrogens with zero attached hydrogens (tertiary/aromatic N) is 2. The SMILES string of the molecule is C[C@H]1C=C(C#CCN(C)C)C2CC(=O)O[C@]2(C)C2CCCCN21. The molecular weight excluding hydrogens is 288 g/mol. The summed E-state index contributed by atoms with van der Waals surface area (Å²) in [5.41, 5.74) is 0.669. The molecule has 0 bridgehead atoms. The topological polar surface area (TPSA) is 32.8 Å². The van der Waals surface area contributed by atoms with Gasteiger partial charge in [0.2, 0.25) is 0 Å². The zero-order valence-electron chi connectivity index (χ0n) is 14.8. The van der Waals surface area contributed by atoms with Crippen LogP contribution in [0, 0.1) is 17.8 Å². The Bertz CT molecular complexity index is 572. The second-order valence-corrected chi connectivity index (χ2v) is 7.57. The molecule has 126 valence electrons. The molecule has 4 heteroatoms. The van der Waals surface area contributed by atoms with Crippen LogP contribution in [0.15, 0.2) is 11.6 Å². The highest BCUT2D eigenvalue weighted by Crippen LogP contribution is 2.46. The summed E-state index contributed by atoms with van der Waals surface area (Å²) < 4.78 is 5.91. The van der Waals surface area contributed by atoms with Crippen LogP contribution in [-0.2, 0) is 9.53 Å². The lowest BCUT2D eigenvalue weighted by molar-refractivity contribution is -0.155. The first-order valence-electron chi connectivity index (χ1n) is 8.74. The van der Waals surface area contributed by atoms with Gasteiger partial charge in [0.15, 0.2) is 0 Å². The van der Waals surface area contributed by atoms with Crippen molar-refractivity contribution in [2.75, 3.05) is 27.2 Å². The quantitative estimate of drug-likeness (QED) is 0.548. The monoisotopic (exact) mass is 316 g/mol. The van der Waals surface area contributed by atoms with Crippen molar-refractivity contribution in [3.05, 3.63) is 11.6 Å². The molecule has 3 heterocycles. The van der Waals surface area contributed by atoms with Crippen LogP contribution in [0.1, 0.15) is 39.5 Å². The fraction of sp³-hybridized carbons (Fsp3) is 0.737. The summed E-state index contributed by atoms with van der Waals surface area (Å²) in [5.74, 6) is 6.64. The third-order valence-corrected chi connectivity index (χ3v) is 5.55. The third kappa shape index (κ3) is 3.05. The van der Waals surface area contributed by atoms with Crippen LogP contribution in [0.5, 0.6) is 0 Å². The van der Waals surface area contributed by atoms with Gasteiger partial charge < -0.3 is 4.74 Å². The Morgan fingerprint density at radius 1 is 1.43 bits per heavy atom. The van der Waals surface area contributed by atoms with E-state index in [0.717, 1.165) is 25.1 Å². The Balaban J connectivity index is 1.98. The summed E-state index contributed by atoms with van der Waals surface area (Å²) in [7, 11) is 4.04. The molecule has 3 rings (SSSR count). The van der Waals surface area contributed by atoms with Gasteiger partial charge in [-0.05, 0) is 47.3 Å². The second kappa shape index (κ2) is 6.30. The standard InChI is InChI=1S/C19H28N2O2/c1-14-12-15(8-7-10-20(3)4)16-13-18(22)23-19(16,2)17-9-5-6-11-21(14)17/h12,14,16-17H,5-6,9-11,13H2,1-4H3/t14-,16?,17?,19-/m0/s1. The average Bonchev–Trinajstić information content (AvgIpc) is 2.78. The van der Waals surface area contributed by atoms with Crippen molar-refractivity contribution in [1.82, 2.24) is 9.80 Å². The molecule has 0 aliphatic carbocycles. The van der Waals surface area contributed by atoms with Crippen LogP contribution in [-0.4, -0.2) is 60.6 Å².